The van der Waals surface area contributed by atoms with Crippen LogP contribution >= 0.6 is 15.9 Å². The molecule has 0 radical (unpaired) electrons. The van der Waals surface area contributed by atoms with E-state index in [9.17, 15) is 0 Å². The zero-order chi connectivity index (χ0) is 12.6. The Balaban J connectivity index is 2.10. The molecule has 0 bridgehead atoms. The first kappa shape index (κ1) is 12.7. The molecule has 0 aromatic heterocycles. The van der Waals surface area contributed by atoms with E-state index in [0.717, 1.165) is 29.2 Å². The zero-order valence-corrected chi connectivity index (χ0v) is 12.5. The van der Waals surface area contributed by atoms with Gasteiger partial charge in [-0.05, 0) is 39.4 Å². The van der Waals surface area contributed by atoms with Gasteiger partial charge in [-0.25, -0.2) is 0 Å². The highest BCUT2D eigenvalue weighted by Gasteiger charge is 2.36. The van der Waals surface area contributed by atoms with Gasteiger partial charge in [0.1, 0.15) is 5.75 Å². The summed E-state index contributed by atoms with van der Waals surface area (Å²) in [5, 5.41) is 0. The molecule has 1 heterocycles. The van der Waals surface area contributed by atoms with Crippen molar-refractivity contribution in [1.82, 2.24) is 0 Å². The number of nitrogens with zero attached hydrogens (tertiary/aromatic N) is 1. The lowest BCUT2D eigenvalue weighted by Crippen LogP contribution is -2.52. The third-order valence-corrected chi connectivity index (χ3v) is 4.27. The van der Waals surface area contributed by atoms with Gasteiger partial charge in [-0.1, -0.05) is 20.8 Å². The largest absolute Gasteiger partial charge is 0.497 e. The molecular formula is C14H20BrNO. The van der Waals surface area contributed by atoms with Crippen LogP contribution in [0.2, 0.25) is 0 Å². The van der Waals surface area contributed by atoms with Crippen molar-refractivity contribution >= 4 is 21.6 Å². The molecule has 17 heavy (non-hydrogen) atoms. The van der Waals surface area contributed by atoms with Crippen LogP contribution < -0.4 is 9.64 Å². The van der Waals surface area contributed by atoms with Gasteiger partial charge in [0.2, 0.25) is 0 Å². The van der Waals surface area contributed by atoms with Crippen LogP contribution in [-0.4, -0.2) is 20.2 Å². The molecule has 0 atom stereocenters. The average Bonchev–Trinajstić information content (AvgIpc) is 2.16. The normalized spacial score (nSPS) is 16.9. The molecule has 0 unspecified atom stereocenters. The number of hydrogen-bond donors (Lipinski definition) is 0. The van der Waals surface area contributed by atoms with Gasteiger partial charge in [0.15, 0.2) is 0 Å². The van der Waals surface area contributed by atoms with Gasteiger partial charge in [-0.3, -0.25) is 0 Å². The van der Waals surface area contributed by atoms with Crippen molar-refractivity contribution in [2.75, 3.05) is 25.1 Å². The molecule has 94 valence electrons. The van der Waals surface area contributed by atoms with Crippen LogP contribution in [0.15, 0.2) is 22.7 Å². The Morgan fingerprint density at radius 3 is 2.47 bits per heavy atom. The number of rotatable bonds is 2. The monoisotopic (exact) mass is 297 g/mol. The average molecular weight is 298 g/mol. The summed E-state index contributed by atoms with van der Waals surface area (Å²) < 4.78 is 6.42. The van der Waals surface area contributed by atoms with E-state index in [2.05, 4.69) is 53.7 Å². The Morgan fingerprint density at radius 2 is 1.94 bits per heavy atom. The molecule has 0 amide bonds. The fourth-order valence-electron chi connectivity index (χ4n) is 2.08. The highest BCUT2D eigenvalue weighted by atomic mass is 79.9. The van der Waals surface area contributed by atoms with E-state index in [1.165, 1.54) is 5.69 Å². The standard InChI is InChI=1S/C14H20BrNO/c1-14(2,3)10-8-16(9-10)13-7-11(17-4)5-6-12(13)15/h5-7,10H,8-9H2,1-4H3. The van der Waals surface area contributed by atoms with E-state index in [0.29, 0.717) is 5.41 Å². The Labute approximate surface area is 112 Å². The van der Waals surface area contributed by atoms with Crippen molar-refractivity contribution in [3.05, 3.63) is 22.7 Å². The van der Waals surface area contributed by atoms with Crippen molar-refractivity contribution in [1.29, 1.82) is 0 Å². The molecule has 2 rings (SSSR count). The molecule has 1 aliphatic rings. The fourth-order valence-corrected chi connectivity index (χ4v) is 2.58. The molecular weight excluding hydrogens is 278 g/mol. The second-order valence-electron chi connectivity index (χ2n) is 5.79. The molecule has 3 heteroatoms. The van der Waals surface area contributed by atoms with Crippen LogP contribution in [0.3, 0.4) is 0 Å². The third kappa shape index (κ3) is 2.59. The number of halogens is 1. The lowest BCUT2D eigenvalue weighted by atomic mass is 9.76. The summed E-state index contributed by atoms with van der Waals surface area (Å²) in [6, 6.07) is 6.14. The fraction of sp³-hybridized carbons (Fsp3) is 0.571. The lowest BCUT2D eigenvalue weighted by molar-refractivity contribution is 0.195. The van der Waals surface area contributed by atoms with Gasteiger partial charge in [0.25, 0.3) is 0 Å². The van der Waals surface area contributed by atoms with Gasteiger partial charge < -0.3 is 9.64 Å². The van der Waals surface area contributed by atoms with Crippen molar-refractivity contribution in [3.8, 4) is 5.75 Å². The Kier molecular flexibility index (Phi) is 3.39. The van der Waals surface area contributed by atoms with E-state index in [1.54, 1.807) is 7.11 Å². The van der Waals surface area contributed by atoms with Gasteiger partial charge in [0.05, 0.1) is 12.8 Å². The van der Waals surface area contributed by atoms with Gasteiger partial charge >= 0.3 is 0 Å². The molecule has 0 saturated carbocycles. The van der Waals surface area contributed by atoms with Crippen LogP contribution in [0.1, 0.15) is 20.8 Å². The van der Waals surface area contributed by atoms with Crippen LogP contribution in [0.25, 0.3) is 0 Å². The predicted molar refractivity (Wildman–Crippen MR) is 75.9 cm³/mol. The Bertz CT molecular complexity index is 405. The summed E-state index contributed by atoms with van der Waals surface area (Å²) in [5.74, 6) is 1.70. The van der Waals surface area contributed by atoms with Gasteiger partial charge in [0, 0.05) is 23.6 Å². The minimum Gasteiger partial charge on any atom is -0.497 e. The molecule has 1 aliphatic heterocycles. The van der Waals surface area contributed by atoms with Crippen molar-refractivity contribution in [2.24, 2.45) is 11.3 Å². The lowest BCUT2D eigenvalue weighted by Gasteiger charge is -2.48. The highest BCUT2D eigenvalue weighted by molar-refractivity contribution is 9.10. The van der Waals surface area contributed by atoms with Crippen LogP contribution in [0.4, 0.5) is 5.69 Å². The Hall–Kier alpha value is -0.700. The molecule has 1 aromatic rings. The number of methoxy groups -OCH3 is 1. The summed E-state index contributed by atoms with van der Waals surface area (Å²) >= 11 is 3.61. The smallest absolute Gasteiger partial charge is 0.121 e. The maximum Gasteiger partial charge on any atom is 0.121 e. The van der Waals surface area contributed by atoms with Crippen LogP contribution in [0, 0.1) is 11.3 Å². The summed E-state index contributed by atoms with van der Waals surface area (Å²) in [6.45, 7) is 9.21. The SMILES string of the molecule is COc1ccc(Br)c(N2CC(C(C)(C)C)C2)c1. The molecule has 1 saturated heterocycles. The first-order valence-corrected chi connectivity index (χ1v) is 6.79. The van der Waals surface area contributed by atoms with Crippen molar-refractivity contribution in [3.63, 3.8) is 0 Å². The van der Waals surface area contributed by atoms with Gasteiger partial charge in [-0.2, -0.15) is 0 Å². The van der Waals surface area contributed by atoms with E-state index >= 15 is 0 Å². The summed E-state index contributed by atoms with van der Waals surface area (Å²) in [6.07, 6.45) is 0. The first-order chi connectivity index (χ1) is 7.91. The van der Waals surface area contributed by atoms with E-state index in [-0.39, 0.29) is 0 Å². The summed E-state index contributed by atoms with van der Waals surface area (Å²) in [4.78, 5) is 2.41. The highest BCUT2D eigenvalue weighted by Crippen LogP contribution is 2.40. The zero-order valence-electron chi connectivity index (χ0n) is 11.0. The maximum atomic E-state index is 5.28. The second-order valence-corrected chi connectivity index (χ2v) is 6.64. The van der Waals surface area contributed by atoms with Crippen LogP contribution in [-0.2, 0) is 0 Å². The van der Waals surface area contributed by atoms with Gasteiger partial charge in [-0.15, -0.1) is 0 Å². The second kappa shape index (κ2) is 4.52. The molecule has 1 fully saturated rings. The molecule has 0 N–H and O–H groups in total. The topological polar surface area (TPSA) is 12.5 Å². The van der Waals surface area contributed by atoms with E-state index < -0.39 is 0 Å². The number of anilines is 1. The minimum atomic E-state index is 0.405. The summed E-state index contributed by atoms with van der Waals surface area (Å²) in [7, 11) is 1.71. The third-order valence-electron chi connectivity index (χ3n) is 3.60. The molecule has 2 nitrogen and oxygen atoms in total. The van der Waals surface area contributed by atoms with Crippen molar-refractivity contribution in [2.45, 2.75) is 20.8 Å². The first-order valence-electron chi connectivity index (χ1n) is 6.00. The molecule has 0 aliphatic carbocycles. The number of ether oxygens (including phenoxy) is 1. The summed E-state index contributed by atoms with van der Waals surface area (Å²) in [5.41, 5.74) is 1.65. The minimum absolute atomic E-state index is 0.405. The molecule has 1 aromatic carbocycles. The maximum absolute atomic E-state index is 5.28. The van der Waals surface area contributed by atoms with E-state index in [4.69, 9.17) is 4.74 Å². The quantitative estimate of drug-likeness (QED) is 0.820. The van der Waals surface area contributed by atoms with E-state index in [1.807, 2.05) is 6.07 Å². The Morgan fingerprint density at radius 1 is 1.29 bits per heavy atom. The molecule has 0 spiro atoms. The number of hydrogen-bond acceptors (Lipinski definition) is 2. The number of benzene rings is 1. The van der Waals surface area contributed by atoms with Crippen LogP contribution in [0.5, 0.6) is 5.75 Å². The predicted octanol–water partition coefficient (Wildman–Crippen LogP) is 3.94. The van der Waals surface area contributed by atoms with Crippen molar-refractivity contribution < 1.29 is 4.74 Å².